The summed E-state index contributed by atoms with van der Waals surface area (Å²) in [4.78, 5) is 25.9. The van der Waals surface area contributed by atoms with Crippen molar-refractivity contribution in [3.63, 3.8) is 0 Å². The number of esters is 2. The monoisotopic (exact) mass is 535 g/mol. The maximum atomic E-state index is 14.0. The lowest BCUT2D eigenvalue weighted by Gasteiger charge is -2.13. The van der Waals surface area contributed by atoms with E-state index in [1.165, 1.54) is 18.5 Å². The van der Waals surface area contributed by atoms with E-state index in [2.05, 4.69) is 6.92 Å². The molecule has 1 aliphatic rings. The molecule has 0 amide bonds. The number of ether oxygens (including phenoxy) is 2. The van der Waals surface area contributed by atoms with Crippen LogP contribution in [0.15, 0.2) is 82.8 Å². The highest BCUT2D eigenvalue weighted by Gasteiger charge is 2.59. The minimum absolute atomic E-state index is 0.154. The first-order valence-electron chi connectivity index (χ1n) is 12.7. The van der Waals surface area contributed by atoms with Crippen LogP contribution in [-0.4, -0.2) is 44.9 Å². The molecule has 3 aromatic carbocycles. The first-order valence-corrected chi connectivity index (χ1v) is 14.2. The average Bonchev–Trinajstić information content (AvgIpc) is 3.68. The molecule has 1 aliphatic heterocycles. The van der Waals surface area contributed by atoms with Crippen molar-refractivity contribution in [1.29, 1.82) is 0 Å². The van der Waals surface area contributed by atoms with Gasteiger partial charge in [-0.15, -0.1) is 0 Å². The summed E-state index contributed by atoms with van der Waals surface area (Å²) in [5, 5.41) is 1.89. The van der Waals surface area contributed by atoms with E-state index in [1.807, 2.05) is 49.4 Å². The molecule has 1 saturated heterocycles. The Hall–Kier alpha value is -3.49. The third-order valence-corrected chi connectivity index (χ3v) is 8.88. The topological polar surface area (TPSA) is 89.8 Å². The number of carbonyl (C=O) groups is 2. The zero-order valence-corrected chi connectivity index (χ0v) is 23.0. The lowest BCUT2D eigenvalue weighted by molar-refractivity contribution is -0.144. The van der Waals surface area contributed by atoms with E-state index in [0.29, 0.717) is 18.4 Å². The highest BCUT2D eigenvalue weighted by Crippen LogP contribution is 2.54. The smallest absolute Gasteiger partial charge is 0.345 e. The number of methoxy groups -OCH3 is 2. The van der Waals surface area contributed by atoms with E-state index < -0.39 is 34.0 Å². The van der Waals surface area contributed by atoms with Crippen LogP contribution >= 0.6 is 0 Å². The molecule has 0 radical (unpaired) electrons. The molecule has 3 aromatic rings. The Morgan fingerprint density at radius 1 is 0.868 bits per heavy atom. The van der Waals surface area contributed by atoms with Gasteiger partial charge in [-0.05, 0) is 53.8 Å². The number of unbranched alkanes of at least 4 members (excludes halogenated alkanes) is 2. The number of benzene rings is 3. The number of nitrogens with zero attached hydrogens (tertiary/aromatic N) is 1. The predicted octanol–water partition coefficient (Wildman–Crippen LogP) is 5.49. The van der Waals surface area contributed by atoms with Gasteiger partial charge in [0.15, 0.2) is 0 Å². The van der Waals surface area contributed by atoms with Gasteiger partial charge in [0.1, 0.15) is 5.57 Å². The molecule has 0 saturated carbocycles. The van der Waals surface area contributed by atoms with Gasteiger partial charge in [0.25, 0.3) is 0 Å². The molecule has 4 rings (SSSR count). The van der Waals surface area contributed by atoms with Crippen molar-refractivity contribution in [3.8, 4) is 0 Å². The lowest BCUT2D eigenvalue weighted by Crippen LogP contribution is -2.23. The molecule has 200 valence electrons. The highest BCUT2D eigenvalue weighted by atomic mass is 32.2. The molecule has 8 heteroatoms. The predicted molar refractivity (Wildman–Crippen MR) is 146 cm³/mol. The fourth-order valence-corrected chi connectivity index (χ4v) is 6.78. The lowest BCUT2D eigenvalue weighted by atomic mass is 9.93. The Morgan fingerprint density at radius 2 is 1.50 bits per heavy atom. The number of sulfonamides is 1. The van der Waals surface area contributed by atoms with Gasteiger partial charge in [-0.25, -0.2) is 18.0 Å². The third-order valence-electron chi connectivity index (χ3n) is 7.00. The van der Waals surface area contributed by atoms with E-state index in [9.17, 15) is 18.0 Å². The molecule has 1 heterocycles. The normalized spacial score (nSPS) is 18.6. The van der Waals surface area contributed by atoms with Gasteiger partial charge in [-0.1, -0.05) is 79.9 Å². The number of hydrogen-bond acceptors (Lipinski definition) is 6. The van der Waals surface area contributed by atoms with E-state index in [4.69, 9.17) is 9.47 Å². The first kappa shape index (κ1) is 27.5. The summed E-state index contributed by atoms with van der Waals surface area (Å²) in [6, 6.07) is 18.9. The molecule has 0 aromatic heterocycles. The van der Waals surface area contributed by atoms with Crippen molar-refractivity contribution in [2.45, 2.75) is 56.5 Å². The average molecular weight is 536 g/mol. The molecule has 1 unspecified atom stereocenters. The summed E-state index contributed by atoms with van der Waals surface area (Å²) in [6.45, 7) is 3.94. The molecule has 0 N–H and O–H groups in total. The molecule has 0 aliphatic carbocycles. The van der Waals surface area contributed by atoms with Gasteiger partial charge in [-0.2, -0.15) is 4.31 Å². The molecule has 0 spiro atoms. The van der Waals surface area contributed by atoms with Crippen LogP contribution in [0.4, 0.5) is 0 Å². The zero-order valence-electron chi connectivity index (χ0n) is 22.1. The maximum absolute atomic E-state index is 14.0. The molecular formula is C30H33NO6S. The second kappa shape index (κ2) is 11.5. The standard InChI is InChI=1S/C30H33NO6S/c1-5-6-7-14-25(26(29(32)36-3)30(33)37-4)28-27(24-15-10-12-21-11-8-9-13-23(21)24)31(28)38(34,35)22-18-16-20(2)17-19-22/h8-13,15-19,27-28H,5-7,14H2,1-4H3/t27-,28+,31?/m0/s1. The van der Waals surface area contributed by atoms with Gasteiger partial charge < -0.3 is 9.47 Å². The summed E-state index contributed by atoms with van der Waals surface area (Å²) in [5.74, 6) is -1.67. The van der Waals surface area contributed by atoms with Crippen molar-refractivity contribution in [2.75, 3.05) is 14.2 Å². The minimum atomic E-state index is -3.98. The van der Waals surface area contributed by atoms with Crippen molar-refractivity contribution in [1.82, 2.24) is 4.31 Å². The summed E-state index contributed by atoms with van der Waals surface area (Å²) in [5.41, 5.74) is 1.94. The van der Waals surface area contributed by atoms with Crippen LogP contribution in [0, 0.1) is 6.92 Å². The first-order chi connectivity index (χ1) is 18.3. The fraction of sp³-hybridized carbons (Fsp3) is 0.333. The van der Waals surface area contributed by atoms with Crippen molar-refractivity contribution < 1.29 is 27.5 Å². The Labute approximate surface area is 224 Å². The molecule has 1 fully saturated rings. The number of fused-ring (bicyclic) bond motifs is 1. The Kier molecular flexibility index (Phi) is 8.33. The van der Waals surface area contributed by atoms with Crippen molar-refractivity contribution in [2.24, 2.45) is 0 Å². The molecular weight excluding hydrogens is 502 g/mol. The quantitative estimate of drug-likeness (QED) is 0.0852. The molecule has 0 bridgehead atoms. The zero-order chi connectivity index (χ0) is 27.4. The molecule has 38 heavy (non-hydrogen) atoms. The van der Waals surface area contributed by atoms with Gasteiger partial charge >= 0.3 is 11.9 Å². The highest BCUT2D eigenvalue weighted by molar-refractivity contribution is 7.89. The summed E-state index contributed by atoms with van der Waals surface area (Å²) < 4.78 is 39.4. The van der Waals surface area contributed by atoms with E-state index in [-0.39, 0.29) is 10.5 Å². The molecule has 3 atom stereocenters. The van der Waals surface area contributed by atoms with Crippen molar-refractivity contribution >= 4 is 32.7 Å². The van der Waals surface area contributed by atoms with Crippen LogP contribution in [0.1, 0.15) is 49.8 Å². The maximum Gasteiger partial charge on any atom is 0.345 e. The van der Waals surface area contributed by atoms with E-state index in [1.54, 1.807) is 24.3 Å². The van der Waals surface area contributed by atoms with Gasteiger partial charge in [0, 0.05) is 0 Å². The summed E-state index contributed by atoms with van der Waals surface area (Å²) in [7, 11) is -1.58. The van der Waals surface area contributed by atoms with Crippen LogP contribution in [0.25, 0.3) is 10.8 Å². The van der Waals surface area contributed by atoms with Crippen LogP contribution < -0.4 is 0 Å². The van der Waals surface area contributed by atoms with E-state index >= 15 is 0 Å². The van der Waals surface area contributed by atoms with E-state index in [0.717, 1.165) is 34.7 Å². The number of carbonyl (C=O) groups excluding carboxylic acids is 2. The molecule has 7 nitrogen and oxygen atoms in total. The Morgan fingerprint density at radius 3 is 2.13 bits per heavy atom. The SMILES string of the molecule is CCCCCC(=C(C(=O)OC)C(=O)OC)[C@@H]1[C@H](c2cccc3ccccc23)N1S(=O)(=O)c1ccc(C)cc1. The number of hydrogen-bond donors (Lipinski definition) is 0. The minimum Gasteiger partial charge on any atom is -0.465 e. The Bertz CT molecular complexity index is 1450. The Balaban J connectivity index is 1.95. The number of aryl methyl sites for hydroxylation is 1. The van der Waals surface area contributed by atoms with Crippen LogP contribution in [0.3, 0.4) is 0 Å². The summed E-state index contributed by atoms with van der Waals surface area (Å²) in [6.07, 6.45) is 2.82. The van der Waals surface area contributed by atoms with Gasteiger partial charge in [0.05, 0.1) is 31.2 Å². The third kappa shape index (κ3) is 5.24. The largest absolute Gasteiger partial charge is 0.465 e. The van der Waals surface area contributed by atoms with Crippen molar-refractivity contribution in [3.05, 3.63) is 89.0 Å². The van der Waals surface area contributed by atoms with Crippen LogP contribution in [-0.2, 0) is 29.1 Å². The fourth-order valence-electron chi connectivity index (χ4n) is 5.04. The second-order valence-electron chi connectivity index (χ2n) is 9.45. The second-order valence-corrected chi connectivity index (χ2v) is 11.3. The number of rotatable bonds is 10. The van der Waals surface area contributed by atoms with Gasteiger partial charge in [0.2, 0.25) is 10.0 Å². The summed E-state index contributed by atoms with van der Waals surface area (Å²) >= 11 is 0. The van der Waals surface area contributed by atoms with Gasteiger partial charge in [-0.3, -0.25) is 0 Å². The van der Waals surface area contributed by atoms with Crippen LogP contribution in [0.2, 0.25) is 0 Å². The van der Waals surface area contributed by atoms with Crippen LogP contribution in [0.5, 0.6) is 0 Å².